The molecule has 1 aliphatic heterocycles. The molecule has 2 saturated carbocycles. The van der Waals surface area contributed by atoms with Gasteiger partial charge in [0.25, 0.3) is 0 Å². The zero-order valence-electron chi connectivity index (χ0n) is 12.9. The van der Waals surface area contributed by atoms with E-state index in [-0.39, 0.29) is 0 Å². The normalized spacial score (nSPS) is 34.0. The van der Waals surface area contributed by atoms with E-state index in [4.69, 9.17) is 0 Å². The summed E-state index contributed by atoms with van der Waals surface area (Å²) in [4.78, 5) is 2.71. The summed E-state index contributed by atoms with van der Waals surface area (Å²) in [7, 11) is 0. The third-order valence-corrected chi connectivity index (χ3v) is 5.68. The predicted molar refractivity (Wildman–Crippen MR) is 84.2 cm³/mol. The van der Waals surface area contributed by atoms with Crippen LogP contribution in [0, 0.1) is 11.8 Å². The van der Waals surface area contributed by atoms with Gasteiger partial charge >= 0.3 is 0 Å². The fraction of sp³-hybridized carbons (Fsp3) is 0.667. The van der Waals surface area contributed by atoms with E-state index in [1.54, 1.807) is 0 Å². The Bertz CT molecular complexity index is 506. The monoisotopic (exact) mass is 286 g/mol. The zero-order valence-corrected chi connectivity index (χ0v) is 12.9. The summed E-state index contributed by atoms with van der Waals surface area (Å²) in [6.07, 6.45) is 5.59. The Kier molecular flexibility index (Phi) is 3.23. The van der Waals surface area contributed by atoms with E-state index in [0.717, 1.165) is 24.9 Å². The highest BCUT2D eigenvalue weighted by Gasteiger charge is 2.48. The summed E-state index contributed by atoms with van der Waals surface area (Å²) in [6, 6.07) is 8.45. The van der Waals surface area contributed by atoms with Gasteiger partial charge in [0.1, 0.15) is 5.75 Å². The summed E-state index contributed by atoms with van der Waals surface area (Å²) in [5.74, 6) is 2.14. The Morgan fingerprint density at radius 3 is 2.52 bits per heavy atom. The minimum absolute atomic E-state index is 0.308. The minimum atomic E-state index is 0.308. The first-order chi connectivity index (χ1) is 10.1. The van der Waals surface area contributed by atoms with Gasteiger partial charge < -0.3 is 10.4 Å². The molecule has 1 saturated heterocycles. The molecule has 4 rings (SSSR count). The van der Waals surface area contributed by atoms with Gasteiger partial charge in [-0.1, -0.05) is 12.1 Å². The lowest BCUT2D eigenvalue weighted by Gasteiger charge is -2.47. The van der Waals surface area contributed by atoms with Crippen LogP contribution in [0.1, 0.15) is 38.2 Å². The van der Waals surface area contributed by atoms with Crippen LogP contribution in [0.4, 0.5) is 0 Å². The Morgan fingerprint density at radius 1 is 1.19 bits per heavy atom. The van der Waals surface area contributed by atoms with E-state index in [1.807, 2.05) is 12.1 Å². The average molecular weight is 286 g/mol. The van der Waals surface area contributed by atoms with Gasteiger partial charge in [-0.3, -0.25) is 4.90 Å². The lowest BCUT2D eigenvalue weighted by atomic mass is 9.89. The molecule has 2 atom stereocenters. The molecule has 0 spiro atoms. The third-order valence-electron chi connectivity index (χ3n) is 5.68. The van der Waals surface area contributed by atoms with E-state index in [1.165, 1.54) is 37.8 Å². The van der Waals surface area contributed by atoms with Gasteiger partial charge in [-0.2, -0.15) is 0 Å². The molecule has 2 aliphatic carbocycles. The third kappa shape index (κ3) is 2.82. The Hall–Kier alpha value is -1.06. The van der Waals surface area contributed by atoms with E-state index in [2.05, 4.69) is 29.3 Å². The van der Waals surface area contributed by atoms with Crippen molar-refractivity contribution in [2.45, 2.75) is 50.7 Å². The number of hydrogen-bond donors (Lipinski definition) is 2. The first-order valence-electron chi connectivity index (χ1n) is 8.41. The summed E-state index contributed by atoms with van der Waals surface area (Å²) < 4.78 is 0. The number of nitrogens with zero attached hydrogens (tertiary/aromatic N) is 1. The molecule has 1 heterocycles. The molecular weight excluding hydrogens is 260 g/mol. The SMILES string of the molecule is CC1(C2CC2)CN(Cc2ccc(O)cc2)C(C2CC2)CN1. The van der Waals surface area contributed by atoms with Crippen molar-refractivity contribution in [3.63, 3.8) is 0 Å². The topological polar surface area (TPSA) is 35.5 Å². The van der Waals surface area contributed by atoms with Crippen molar-refractivity contribution < 1.29 is 5.11 Å². The fourth-order valence-electron chi connectivity index (χ4n) is 4.01. The van der Waals surface area contributed by atoms with Crippen LogP contribution >= 0.6 is 0 Å². The summed E-state index contributed by atoms with van der Waals surface area (Å²) in [5, 5.41) is 13.3. The minimum Gasteiger partial charge on any atom is -0.508 e. The summed E-state index contributed by atoms with van der Waals surface area (Å²) in [5.41, 5.74) is 1.63. The van der Waals surface area contributed by atoms with Gasteiger partial charge in [0.15, 0.2) is 0 Å². The van der Waals surface area contributed by atoms with Crippen molar-refractivity contribution >= 4 is 0 Å². The van der Waals surface area contributed by atoms with Crippen molar-refractivity contribution in [1.29, 1.82) is 0 Å². The quantitative estimate of drug-likeness (QED) is 0.893. The maximum Gasteiger partial charge on any atom is 0.115 e. The number of rotatable bonds is 4. The molecule has 21 heavy (non-hydrogen) atoms. The first-order valence-corrected chi connectivity index (χ1v) is 8.41. The van der Waals surface area contributed by atoms with Gasteiger partial charge in [-0.15, -0.1) is 0 Å². The number of phenols is 1. The van der Waals surface area contributed by atoms with E-state index >= 15 is 0 Å². The molecule has 2 N–H and O–H groups in total. The number of phenolic OH excluding ortho intramolecular Hbond substituents is 1. The van der Waals surface area contributed by atoms with Crippen molar-refractivity contribution in [2.75, 3.05) is 13.1 Å². The molecule has 3 heteroatoms. The lowest BCUT2D eigenvalue weighted by Crippen LogP contribution is -2.64. The highest BCUT2D eigenvalue weighted by molar-refractivity contribution is 5.26. The van der Waals surface area contributed by atoms with Crippen LogP contribution in [-0.4, -0.2) is 34.7 Å². The first kappa shape index (κ1) is 13.6. The number of nitrogens with one attached hydrogen (secondary N) is 1. The molecule has 3 fully saturated rings. The fourth-order valence-corrected chi connectivity index (χ4v) is 4.01. The van der Waals surface area contributed by atoms with Crippen LogP contribution in [0.25, 0.3) is 0 Å². The Morgan fingerprint density at radius 2 is 1.90 bits per heavy atom. The van der Waals surface area contributed by atoms with Gasteiger partial charge in [0.2, 0.25) is 0 Å². The van der Waals surface area contributed by atoms with Crippen LogP contribution in [0.2, 0.25) is 0 Å². The van der Waals surface area contributed by atoms with Crippen LogP contribution in [0.15, 0.2) is 24.3 Å². The summed E-state index contributed by atoms with van der Waals surface area (Å²) in [6.45, 7) is 5.75. The average Bonchev–Trinajstić information content (AvgIpc) is 3.34. The summed E-state index contributed by atoms with van der Waals surface area (Å²) >= 11 is 0. The molecule has 3 nitrogen and oxygen atoms in total. The van der Waals surface area contributed by atoms with Gasteiger partial charge in [-0.25, -0.2) is 0 Å². The molecule has 0 aromatic heterocycles. The highest BCUT2D eigenvalue weighted by Crippen LogP contribution is 2.44. The standard InChI is InChI=1S/C18H26N2O/c1-18(15-6-7-15)12-20(17(10-19-18)14-4-5-14)11-13-2-8-16(21)9-3-13/h2-3,8-9,14-15,17,19,21H,4-7,10-12H2,1H3. The van der Waals surface area contributed by atoms with Crippen LogP contribution in [0.5, 0.6) is 5.75 Å². The maximum atomic E-state index is 9.45. The molecule has 1 aromatic rings. The number of hydrogen-bond acceptors (Lipinski definition) is 3. The molecule has 0 bridgehead atoms. The van der Waals surface area contributed by atoms with Gasteiger partial charge in [0.05, 0.1) is 0 Å². The molecule has 1 aromatic carbocycles. The van der Waals surface area contributed by atoms with Crippen LogP contribution in [0.3, 0.4) is 0 Å². The predicted octanol–water partition coefficient (Wildman–Crippen LogP) is 2.74. The number of benzene rings is 1. The molecule has 0 amide bonds. The van der Waals surface area contributed by atoms with Gasteiger partial charge in [0, 0.05) is 31.2 Å². The lowest BCUT2D eigenvalue weighted by molar-refractivity contribution is 0.0578. The van der Waals surface area contributed by atoms with Crippen molar-refractivity contribution in [3.05, 3.63) is 29.8 Å². The van der Waals surface area contributed by atoms with Crippen molar-refractivity contribution in [2.24, 2.45) is 11.8 Å². The Labute approximate surface area is 127 Å². The van der Waals surface area contributed by atoms with Crippen molar-refractivity contribution in [3.8, 4) is 5.75 Å². The van der Waals surface area contributed by atoms with Gasteiger partial charge in [-0.05, 0) is 62.1 Å². The molecule has 114 valence electrons. The highest BCUT2D eigenvalue weighted by atomic mass is 16.3. The zero-order chi connectivity index (χ0) is 14.4. The molecule has 3 aliphatic rings. The number of aromatic hydroxyl groups is 1. The van der Waals surface area contributed by atoms with E-state index in [0.29, 0.717) is 17.3 Å². The van der Waals surface area contributed by atoms with Crippen molar-refractivity contribution in [1.82, 2.24) is 10.2 Å². The second-order valence-electron chi connectivity index (χ2n) is 7.55. The van der Waals surface area contributed by atoms with Crippen LogP contribution in [-0.2, 0) is 6.54 Å². The van der Waals surface area contributed by atoms with E-state index < -0.39 is 0 Å². The molecule has 0 radical (unpaired) electrons. The number of piperazine rings is 1. The Balaban J connectivity index is 1.51. The second kappa shape index (κ2) is 4.99. The largest absolute Gasteiger partial charge is 0.508 e. The van der Waals surface area contributed by atoms with E-state index in [9.17, 15) is 5.11 Å². The maximum absolute atomic E-state index is 9.45. The second-order valence-corrected chi connectivity index (χ2v) is 7.55. The van der Waals surface area contributed by atoms with Crippen LogP contribution < -0.4 is 5.32 Å². The molecular formula is C18H26N2O. The molecule has 2 unspecified atom stereocenters. The smallest absolute Gasteiger partial charge is 0.115 e.